The predicted octanol–water partition coefficient (Wildman–Crippen LogP) is 12.4. The Morgan fingerprint density at radius 3 is 0.597 bits per heavy atom. The van der Waals surface area contributed by atoms with Crippen LogP contribution in [0.4, 0.5) is 0 Å². The van der Waals surface area contributed by atoms with Crippen LogP contribution in [-0.2, 0) is 156 Å². The molecule has 0 saturated carbocycles. The van der Waals surface area contributed by atoms with E-state index in [1.54, 1.807) is 0 Å². The standard InChI is InChI=1S/C60H92N12/c1-13-37-49(25-61)38(14-2)52-28-66-32-56-44(20-8)58(48(24-12)60(36-70-72-64)46(56)22-10)34-68-30-54-40(16-4)50(26-62)39(15-3)53(42(54)18-6)29-67-33-57-43(19-7)55(31-65-27-51(37)41(52)17-5)45(21-9)59(35-69-71-63)47(57)23-11/h65-68H,13-36,61-62H2,1-12H3. The van der Waals surface area contributed by atoms with E-state index >= 15 is 0 Å². The first-order valence-electron chi connectivity index (χ1n) is 28.0. The average molecular weight is 981 g/mol. The molecule has 0 saturated heterocycles. The molecule has 5 rings (SSSR count). The topological polar surface area (TPSA) is 198 Å². The first kappa shape index (κ1) is 58.2. The average Bonchev–Trinajstić information content (AvgIpc) is 3.40. The molecule has 0 aliphatic carbocycles. The number of rotatable bonds is 18. The summed E-state index contributed by atoms with van der Waals surface area (Å²) in [4.78, 5) is 6.57. The maximum Gasteiger partial charge on any atom is 0.0516 e. The molecule has 0 unspecified atom stereocenters. The van der Waals surface area contributed by atoms with Gasteiger partial charge in [-0.3, -0.25) is 0 Å². The highest BCUT2D eigenvalue weighted by molar-refractivity contribution is 5.57. The monoisotopic (exact) mass is 981 g/mol. The Morgan fingerprint density at radius 1 is 0.292 bits per heavy atom. The number of hydrogen-bond acceptors (Lipinski definition) is 8. The second-order valence-corrected chi connectivity index (χ2v) is 19.3. The minimum Gasteiger partial charge on any atom is -0.326 e. The lowest BCUT2D eigenvalue weighted by Gasteiger charge is -2.29. The third-order valence-electron chi connectivity index (χ3n) is 16.4. The summed E-state index contributed by atoms with van der Waals surface area (Å²) in [5.41, 5.74) is 65.2. The molecular weight excluding hydrogens is 889 g/mol. The van der Waals surface area contributed by atoms with E-state index < -0.39 is 0 Å². The van der Waals surface area contributed by atoms with Crippen molar-refractivity contribution in [3.8, 4) is 0 Å². The smallest absolute Gasteiger partial charge is 0.0516 e. The van der Waals surface area contributed by atoms with Crippen LogP contribution in [0.15, 0.2) is 10.2 Å². The Bertz CT molecular complexity index is 2300. The molecule has 0 fully saturated rings. The van der Waals surface area contributed by atoms with Crippen LogP contribution >= 0.6 is 0 Å². The second kappa shape index (κ2) is 28.6. The fraction of sp³-hybridized carbons (Fsp3) is 0.600. The van der Waals surface area contributed by atoms with Crippen molar-refractivity contribution in [1.82, 2.24) is 21.3 Å². The van der Waals surface area contributed by atoms with E-state index in [1.165, 1.54) is 134 Å². The Labute approximate surface area is 434 Å². The summed E-state index contributed by atoms with van der Waals surface area (Å²) in [7, 11) is 0. The summed E-state index contributed by atoms with van der Waals surface area (Å²) in [6.45, 7) is 34.8. The van der Waals surface area contributed by atoms with Gasteiger partial charge < -0.3 is 32.7 Å². The number of benzene rings is 4. The summed E-state index contributed by atoms with van der Waals surface area (Å²) in [6, 6.07) is 0. The number of fused-ring (bicyclic) bond motifs is 8. The largest absolute Gasteiger partial charge is 0.326 e. The van der Waals surface area contributed by atoms with Crippen molar-refractivity contribution >= 4 is 0 Å². The molecule has 1 aliphatic heterocycles. The molecule has 392 valence electrons. The molecular formula is C60H92N12. The van der Waals surface area contributed by atoms with Crippen LogP contribution in [0.25, 0.3) is 20.9 Å². The molecule has 12 nitrogen and oxygen atoms in total. The Hall–Kier alpha value is -4.74. The van der Waals surface area contributed by atoms with Crippen molar-refractivity contribution in [2.24, 2.45) is 21.7 Å². The van der Waals surface area contributed by atoms with E-state index in [4.69, 9.17) is 11.5 Å². The van der Waals surface area contributed by atoms with Crippen LogP contribution in [0.1, 0.15) is 217 Å². The molecule has 4 aromatic carbocycles. The van der Waals surface area contributed by atoms with Gasteiger partial charge >= 0.3 is 0 Å². The maximum absolute atomic E-state index is 9.69. The molecule has 1 heterocycles. The highest BCUT2D eigenvalue weighted by atomic mass is 15.1. The highest BCUT2D eigenvalue weighted by Gasteiger charge is 2.27. The predicted molar refractivity (Wildman–Crippen MR) is 302 cm³/mol. The van der Waals surface area contributed by atoms with E-state index in [0.717, 1.165) is 103 Å². The number of nitrogens with zero attached hydrogens (tertiary/aromatic N) is 6. The van der Waals surface area contributed by atoms with E-state index in [2.05, 4.69) is 124 Å². The fourth-order valence-corrected chi connectivity index (χ4v) is 13.5. The normalized spacial score (nSPS) is 13.6. The Balaban J connectivity index is 1.85. The Morgan fingerprint density at radius 2 is 0.458 bits per heavy atom. The SMILES string of the molecule is CCc1c(CN)c(CC)c2c(CC)c1CNCc1c(CC)c(CN=[N+]=[N-])c(CC)c(c1CC)CNCc1c(CC)c(CN)c(CC)c(c1CC)CNCc1c(CC)c(CN=[N+]=[N-])c(CC)c(c1CC)CNC2. The van der Waals surface area contributed by atoms with Gasteiger partial charge in [0.1, 0.15) is 0 Å². The lowest BCUT2D eigenvalue weighted by molar-refractivity contribution is 0.634. The summed E-state index contributed by atoms with van der Waals surface area (Å²) in [5, 5.41) is 24.7. The number of hydrogen-bond donors (Lipinski definition) is 6. The van der Waals surface area contributed by atoms with Crippen LogP contribution in [0.2, 0.25) is 0 Å². The molecule has 1 aliphatic rings. The first-order valence-corrected chi connectivity index (χ1v) is 28.0. The first-order chi connectivity index (χ1) is 35.1. The van der Waals surface area contributed by atoms with Crippen molar-refractivity contribution in [3.05, 3.63) is 154 Å². The molecule has 0 radical (unpaired) electrons. The van der Waals surface area contributed by atoms with Gasteiger partial charge in [-0.2, -0.15) is 0 Å². The summed E-state index contributed by atoms with van der Waals surface area (Å²) in [5.74, 6) is 0. The minimum absolute atomic E-state index is 0.341. The van der Waals surface area contributed by atoms with Crippen molar-refractivity contribution in [3.63, 3.8) is 0 Å². The zero-order valence-corrected chi connectivity index (χ0v) is 46.8. The Kier molecular flexibility index (Phi) is 23.1. The third-order valence-corrected chi connectivity index (χ3v) is 16.4. The molecule has 0 spiro atoms. The van der Waals surface area contributed by atoms with Crippen molar-refractivity contribution in [2.75, 3.05) is 0 Å². The minimum atomic E-state index is 0.341. The maximum atomic E-state index is 9.69. The summed E-state index contributed by atoms with van der Waals surface area (Å²) >= 11 is 0. The van der Waals surface area contributed by atoms with E-state index in [-0.39, 0.29) is 0 Å². The van der Waals surface area contributed by atoms with Gasteiger partial charge in [0.15, 0.2) is 0 Å². The molecule has 0 atom stereocenters. The lowest BCUT2D eigenvalue weighted by Crippen LogP contribution is -2.27. The third kappa shape index (κ3) is 11.8. The van der Waals surface area contributed by atoms with Crippen LogP contribution < -0.4 is 32.7 Å². The number of nitrogens with two attached hydrogens (primary N) is 2. The molecule has 12 heteroatoms. The van der Waals surface area contributed by atoms with Gasteiger partial charge in [-0.15, -0.1) is 0 Å². The molecule has 0 amide bonds. The van der Waals surface area contributed by atoms with Gasteiger partial charge in [0.05, 0.1) is 13.1 Å². The van der Waals surface area contributed by atoms with Gasteiger partial charge in [-0.25, -0.2) is 0 Å². The molecule has 72 heavy (non-hydrogen) atoms. The lowest BCUT2D eigenvalue weighted by atomic mass is 9.81. The van der Waals surface area contributed by atoms with Crippen LogP contribution in [-0.4, -0.2) is 0 Å². The van der Waals surface area contributed by atoms with Gasteiger partial charge in [0, 0.05) is 75.3 Å². The van der Waals surface area contributed by atoms with Crippen molar-refractivity contribution in [1.29, 1.82) is 0 Å². The van der Waals surface area contributed by atoms with Gasteiger partial charge in [-0.1, -0.05) is 93.3 Å². The fourth-order valence-electron chi connectivity index (χ4n) is 13.5. The summed E-state index contributed by atoms with van der Waals surface area (Å²) < 4.78 is 0. The van der Waals surface area contributed by atoms with Crippen LogP contribution in [0, 0.1) is 0 Å². The number of azide groups is 2. The molecule has 4 aromatic rings. The second-order valence-electron chi connectivity index (χ2n) is 19.3. The van der Waals surface area contributed by atoms with E-state index in [0.29, 0.717) is 52.4 Å². The van der Waals surface area contributed by atoms with Gasteiger partial charge in [0.25, 0.3) is 0 Å². The van der Waals surface area contributed by atoms with Crippen molar-refractivity contribution in [2.45, 2.75) is 239 Å². The van der Waals surface area contributed by atoms with E-state index in [9.17, 15) is 11.1 Å². The van der Waals surface area contributed by atoms with Crippen LogP contribution in [0.5, 0.6) is 0 Å². The zero-order valence-electron chi connectivity index (χ0n) is 46.8. The van der Waals surface area contributed by atoms with Gasteiger partial charge in [0.2, 0.25) is 0 Å². The molecule has 0 aromatic heterocycles. The molecule has 8 N–H and O–H groups in total. The van der Waals surface area contributed by atoms with Crippen LogP contribution in [0.3, 0.4) is 0 Å². The zero-order chi connectivity index (χ0) is 52.5. The van der Waals surface area contributed by atoms with Gasteiger partial charge in [-0.05, 0) is 222 Å². The number of nitrogens with one attached hydrogen (secondary N) is 4. The summed E-state index contributed by atoms with van der Waals surface area (Å²) in [6.07, 6.45) is 10.7. The van der Waals surface area contributed by atoms with E-state index in [1.807, 2.05) is 0 Å². The highest BCUT2D eigenvalue weighted by Crippen LogP contribution is 2.37. The van der Waals surface area contributed by atoms with Crippen molar-refractivity contribution < 1.29 is 0 Å². The quantitative estimate of drug-likeness (QED) is 0.0326. The molecule has 8 bridgehead atoms.